The zero-order valence-corrected chi connectivity index (χ0v) is 11.1. The minimum Gasteiger partial charge on any atom is -0.316 e. The van der Waals surface area contributed by atoms with Crippen LogP contribution in [0.5, 0.6) is 0 Å². The van der Waals surface area contributed by atoms with Crippen molar-refractivity contribution in [2.24, 2.45) is 0 Å². The molecule has 0 aromatic carbocycles. The summed E-state index contributed by atoms with van der Waals surface area (Å²) in [5.41, 5.74) is 0. The largest absolute Gasteiger partial charge is 0.316 e. The van der Waals surface area contributed by atoms with Gasteiger partial charge in [0, 0.05) is 35.9 Å². The maximum Gasteiger partial charge on any atom is 0.0516 e. The van der Waals surface area contributed by atoms with Gasteiger partial charge in [-0.05, 0) is 19.5 Å². The van der Waals surface area contributed by atoms with E-state index in [-0.39, 0.29) is 12.4 Å². The van der Waals surface area contributed by atoms with Crippen molar-refractivity contribution in [3.8, 4) is 0 Å². The molecule has 1 atom stereocenters. The van der Waals surface area contributed by atoms with E-state index in [2.05, 4.69) is 16.3 Å². The minimum atomic E-state index is 0. The Labute approximate surface area is 106 Å². The Kier molecular flexibility index (Phi) is 5.36. The van der Waals surface area contributed by atoms with Gasteiger partial charge in [0.2, 0.25) is 0 Å². The molecule has 5 heteroatoms. The third-order valence-corrected chi connectivity index (χ3v) is 3.95. The predicted molar refractivity (Wildman–Crippen MR) is 69.3 cm³/mol. The zero-order chi connectivity index (χ0) is 9.97. The van der Waals surface area contributed by atoms with Gasteiger partial charge in [0.1, 0.15) is 0 Å². The van der Waals surface area contributed by atoms with Crippen molar-refractivity contribution < 1.29 is 0 Å². The summed E-state index contributed by atoms with van der Waals surface area (Å²) in [6.07, 6.45) is 1.26. The topological polar surface area (TPSA) is 15.3 Å². The number of hydrogen-bond acceptors (Lipinski definition) is 3. The summed E-state index contributed by atoms with van der Waals surface area (Å²) in [5, 5.41) is 6.19. The van der Waals surface area contributed by atoms with Crippen molar-refractivity contribution in [1.82, 2.24) is 10.2 Å². The number of likely N-dealkylation sites (N-methyl/N-ethyl adjacent to an activating group) is 1. The molecule has 2 heterocycles. The van der Waals surface area contributed by atoms with E-state index in [9.17, 15) is 0 Å². The number of rotatable bonds is 3. The summed E-state index contributed by atoms with van der Waals surface area (Å²) in [4.78, 5) is 3.84. The summed E-state index contributed by atoms with van der Waals surface area (Å²) in [5.74, 6) is 0. The van der Waals surface area contributed by atoms with Gasteiger partial charge in [0.25, 0.3) is 0 Å². The summed E-state index contributed by atoms with van der Waals surface area (Å²) < 4.78 is 0. The minimum absolute atomic E-state index is 0. The maximum atomic E-state index is 5.88. The van der Waals surface area contributed by atoms with Gasteiger partial charge in [-0.15, -0.1) is 23.7 Å². The smallest absolute Gasteiger partial charge is 0.0516 e. The van der Waals surface area contributed by atoms with E-state index in [1.165, 1.54) is 17.8 Å². The molecule has 1 aromatic heterocycles. The van der Waals surface area contributed by atoms with Gasteiger partial charge in [-0.2, -0.15) is 0 Å². The Balaban J connectivity index is 0.00000112. The average Bonchev–Trinajstić information content (AvgIpc) is 2.76. The Morgan fingerprint density at radius 3 is 3.00 bits per heavy atom. The molecule has 1 unspecified atom stereocenters. The Hall–Kier alpha value is 0.200. The fraction of sp³-hybridized carbons (Fsp3) is 0.600. The van der Waals surface area contributed by atoms with Crippen LogP contribution in [0.25, 0.3) is 0 Å². The van der Waals surface area contributed by atoms with E-state index in [1.807, 2.05) is 12.4 Å². The molecule has 1 aromatic rings. The maximum absolute atomic E-state index is 5.88. The SMILES string of the molecule is CNC1CCN(Cc2cc(Cl)cs2)C1.Cl. The van der Waals surface area contributed by atoms with Crippen molar-refractivity contribution in [2.75, 3.05) is 20.1 Å². The molecular weight excluding hydrogens is 251 g/mol. The average molecular weight is 267 g/mol. The van der Waals surface area contributed by atoms with Crippen LogP contribution in [0.2, 0.25) is 5.02 Å². The van der Waals surface area contributed by atoms with Gasteiger partial charge in [-0.25, -0.2) is 0 Å². The first-order valence-electron chi connectivity index (χ1n) is 4.90. The van der Waals surface area contributed by atoms with Crippen LogP contribution in [0.15, 0.2) is 11.4 Å². The molecule has 15 heavy (non-hydrogen) atoms. The van der Waals surface area contributed by atoms with Gasteiger partial charge < -0.3 is 5.32 Å². The first-order chi connectivity index (χ1) is 6.78. The van der Waals surface area contributed by atoms with Crippen LogP contribution < -0.4 is 5.32 Å². The van der Waals surface area contributed by atoms with Crippen LogP contribution >= 0.6 is 35.3 Å². The molecule has 0 radical (unpaired) electrons. The van der Waals surface area contributed by atoms with E-state index in [1.54, 1.807) is 11.3 Å². The second kappa shape index (κ2) is 6.06. The fourth-order valence-corrected chi connectivity index (χ4v) is 2.98. The summed E-state index contributed by atoms with van der Waals surface area (Å²) in [6.45, 7) is 3.41. The molecule has 1 saturated heterocycles. The molecule has 1 aliphatic heterocycles. The molecule has 0 saturated carbocycles. The Bertz CT molecular complexity index is 303. The molecule has 2 nitrogen and oxygen atoms in total. The monoisotopic (exact) mass is 266 g/mol. The fourth-order valence-electron chi connectivity index (χ4n) is 1.87. The second-order valence-electron chi connectivity index (χ2n) is 3.74. The molecule has 0 bridgehead atoms. The van der Waals surface area contributed by atoms with E-state index in [0.717, 1.165) is 18.1 Å². The van der Waals surface area contributed by atoms with Gasteiger partial charge in [0.15, 0.2) is 0 Å². The highest BCUT2D eigenvalue weighted by atomic mass is 35.5. The second-order valence-corrected chi connectivity index (χ2v) is 5.17. The van der Waals surface area contributed by atoms with Gasteiger partial charge in [-0.3, -0.25) is 4.90 Å². The first-order valence-corrected chi connectivity index (χ1v) is 6.16. The van der Waals surface area contributed by atoms with Crippen LogP contribution in [0.4, 0.5) is 0 Å². The van der Waals surface area contributed by atoms with Crippen molar-refractivity contribution in [2.45, 2.75) is 19.0 Å². The van der Waals surface area contributed by atoms with Crippen LogP contribution in [0, 0.1) is 0 Å². The van der Waals surface area contributed by atoms with Gasteiger partial charge in [-0.1, -0.05) is 11.6 Å². The number of hydrogen-bond donors (Lipinski definition) is 1. The number of nitrogens with zero attached hydrogens (tertiary/aromatic N) is 1. The van der Waals surface area contributed by atoms with Gasteiger partial charge in [0.05, 0.1) is 5.02 Å². The normalized spacial score (nSPS) is 21.6. The van der Waals surface area contributed by atoms with E-state index >= 15 is 0 Å². The van der Waals surface area contributed by atoms with Crippen LogP contribution in [0.3, 0.4) is 0 Å². The third-order valence-electron chi connectivity index (χ3n) is 2.68. The highest BCUT2D eigenvalue weighted by Crippen LogP contribution is 2.22. The van der Waals surface area contributed by atoms with Crippen LogP contribution in [-0.4, -0.2) is 31.1 Å². The molecule has 0 aliphatic carbocycles. The lowest BCUT2D eigenvalue weighted by atomic mass is 10.3. The molecule has 86 valence electrons. The molecule has 0 spiro atoms. The summed E-state index contributed by atoms with van der Waals surface area (Å²) in [6, 6.07) is 2.74. The summed E-state index contributed by atoms with van der Waals surface area (Å²) in [7, 11) is 2.04. The quantitative estimate of drug-likeness (QED) is 0.905. The first kappa shape index (κ1) is 13.3. The van der Waals surface area contributed by atoms with E-state index in [0.29, 0.717) is 6.04 Å². The lowest BCUT2D eigenvalue weighted by Gasteiger charge is -2.14. The zero-order valence-electron chi connectivity index (χ0n) is 8.70. The lowest BCUT2D eigenvalue weighted by molar-refractivity contribution is 0.325. The molecule has 2 rings (SSSR count). The summed E-state index contributed by atoms with van der Waals surface area (Å²) >= 11 is 7.63. The van der Waals surface area contributed by atoms with E-state index in [4.69, 9.17) is 11.6 Å². The number of nitrogens with one attached hydrogen (secondary N) is 1. The molecular formula is C10H16Cl2N2S. The molecule has 1 aliphatic rings. The van der Waals surface area contributed by atoms with Crippen molar-refractivity contribution >= 4 is 35.3 Å². The van der Waals surface area contributed by atoms with Crippen LogP contribution in [-0.2, 0) is 6.54 Å². The van der Waals surface area contributed by atoms with E-state index < -0.39 is 0 Å². The van der Waals surface area contributed by atoms with Crippen molar-refractivity contribution in [3.05, 3.63) is 21.3 Å². The highest BCUT2D eigenvalue weighted by Gasteiger charge is 2.20. The number of thiophene rings is 1. The Morgan fingerprint density at radius 2 is 2.47 bits per heavy atom. The van der Waals surface area contributed by atoms with Crippen molar-refractivity contribution in [1.29, 1.82) is 0 Å². The molecule has 1 fully saturated rings. The number of halogens is 2. The standard InChI is InChI=1S/C10H15ClN2S.ClH/c1-12-9-2-3-13(5-9)6-10-4-8(11)7-14-10;/h4,7,9,12H,2-3,5-6H2,1H3;1H. The number of likely N-dealkylation sites (tertiary alicyclic amines) is 1. The lowest BCUT2D eigenvalue weighted by Crippen LogP contribution is -2.29. The predicted octanol–water partition coefficient (Wildman–Crippen LogP) is 2.62. The Morgan fingerprint density at radius 1 is 1.67 bits per heavy atom. The third kappa shape index (κ3) is 3.61. The van der Waals surface area contributed by atoms with Crippen molar-refractivity contribution in [3.63, 3.8) is 0 Å². The highest BCUT2D eigenvalue weighted by molar-refractivity contribution is 7.10. The molecule has 0 amide bonds. The van der Waals surface area contributed by atoms with Crippen LogP contribution in [0.1, 0.15) is 11.3 Å². The van der Waals surface area contributed by atoms with Gasteiger partial charge >= 0.3 is 0 Å². The molecule has 1 N–H and O–H groups in total.